The Morgan fingerprint density at radius 2 is 1.53 bits per heavy atom. The van der Waals surface area contributed by atoms with Gasteiger partial charge in [0, 0.05) is 42.2 Å². The summed E-state index contributed by atoms with van der Waals surface area (Å²) in [6, 6.07) is 16.6. The number of hydrogen-bond donors (Lipinski definition) is 5. The molecule has 1 aliphatic carbocycles. The first-order chi connectivity index (χ1) is 15.4. The summed E-state index contributed by atoms with van der Waals surface area (Å²) in [7, 11) is 0. The van der Waals surface area contributed by atoms with Crippen molar-refractivity contribution in [1.29, 1.82) is 0 Å². The average Bonchev–Trinajstić information content (AvgIpc) is 3.17. The molecule has 0 amide bonds. The van der Waals surface area contributed by atoms with Crippen molar-refractivity contribution >= 4 is 28.5 Å². The molecule has 1 heterocycles. The van der Waals surface area contributed by atoms with Crippen LogP contribution in [0.4, 0.5) is 5.69 Å². The van der Waals surface area contributed by atoms with Gasteiger partial charge in [0.25, 0.3) is 5.56 Å². The third kappa shape index (κ3) is 5.61. The predicted molar refractivity (Wildman–Crippen MR) is 121 cm³/mol. The van der Waals surface area contributed by atoms with Crippen LogP contribution in [0.1, 0.15) is 16.7 Å². The number of aliphatic hydroxyl groups excluding tert-OH is 1. The molecule has 3 aromatic rings. The van der Waals surface area contributed by atoms with Gasteiger partial charge in [-0.05, 0) is 30.0 Å². The smallest absolute Gasteiger partial charge is 0.328 e. The fraction of sp³-hybridized carbons (Fsp3) is 0.208. The van der Waals surface area contributed by atoms with Crippen molar-refractivity contribution in [1.82, 2.24) is 4.98 Å². The lowest BCUT2D eigenvalue weighted by atomic mass is 10.1. The van der Waals surface area contributed by atoms with Gasteiger partial charge in [-0.3, -0.25) is 4.79 Å². The normalized spacial score (nSPS) is 12.9. The summed E-state index contributed by atoms with van der Waals surface area (Å²) < 4.78 is 0. The molecule has 0 saturated heterocycles. The van der Waals surface area contributed by atoms with Crippen LogP contribution in [0.5, 0.6) is 0 Å². The summed E-state index contributed by atoms with van der Waals surface area (Å²) in [4.78, 5) is 34.5. The van der Waals surface area contributed by atoms with Gasteiger partial charge in [-0.2, -0.15) is 0 Å². The molecule has 166 valence electrons. The van der Waals surface area contributed by atoms with E-state index in [1.54, 1.807) is 0 Å². The molecule has 0 saturated carbocycles. The van der Waals surface area contributed by atoms with Crippen LogP contribution in [0.2, 0.25) is 0 Å². The SMILES string of the molecule is O=C(O)C=CC(=O)O.O=c1[nH]c2ccccc2c(NC2Cc3ccccc3C2)c1CCO. The lowest BCUT2D eigenvalue weighted by molar-refractivity contribution is -0.134. The molecule has 1 aliphatic rings. The van der Waals surface area contributed by atoms with Gasteiger partial charge >= 0.3 is 11.9 Å². The van der Waals surface area contributed by atoms with Crippen molar-refractivity contribution in [2.75, 3.05) is 11.9 Å². The number of rotatable bonds is 6. The van der Waals surface area contributed by atoms with Gasteiger partial charge < -0.3 is 25.6 Å². The Bertz CT molecular complexity index is 1170. The summed E-state index contributed by atoms with van der Waals surface area (Å²) in [5, 5.41) is 29.6. The van der Waals surface area contributed by atoms with Gasteiger partial charge in [0.05, 0.1) is 11.2 Å². The van der Waals surface area contributed by atoms with Gasteiger partial charge in [-0.15, -0.1) is 0 Å². The number of anilines is 1. The minimum atomic E-state index is -1.26. The fourth-order valence-corrected chi connectivity index (χ4v) is 3.81. The van der Waals surface area contributed by atoms with Crippen molar-refractivity contribution in [3.8, 4) is 0 Å². The highest BCUT2D eigenvalue weighted by atomic mass is 16.4. The quantitative estimate of drug-likeness (QED) is 0.374. The Hall–Kier alpha value is -3.91. The summed E-state index contributed by atoms with van der Waals surface area (Å²) in [6.45, 7) is -0.0407. The van der Waals surface area contributed by atoms with Crippen LogP contribution in [0.15, 0.2) is 65.5 Å². The van der Waals surface area contributed by atoms with E-state index in [-0.39, 0.29) is 18.2 Å². The number of hydrogen-bond acceptors (Lipinski definition) is 5. The molecule has 0 radical (unpaired) electrons. The molecule has 0 fully saturated rings. The highest BCUT2D eigenvalue weighted by Crippen LogP contribution is 2.29. The second-order valence-electron chi connectivity index (χ2n) is 7.35. The molecule has 2 aromatic carbocycles. The van der Waals surface area contributed by atoms with E-state index in [2.05, 4.69) is 34.6 Å². The largest absolute Gasteiger partial charge is 0.478 e. The zero-order valence-electron chi connectivity index (χ0n) is 17.2. The third-order valence-electron chi connectivity index (χ3n) is 5.15. The lowest BCUT2D eigenvalue weighted by Gasteiger charge is -2.19. The summed E-state index contributed by atoms with van der Waals surface area (Å²) in [5.41, 5.74) is 4.93. The number of aliphatic carboxylic acids is 2. The minimum Gasteiger partial charge on any atom is -0.478 e. The maximum absolute atomic E-state index is 12.4. The number of fused-ring (bicyclic) bond motifs is 2. The summed E-state index contributed by atoms with van der Waals surface area (Å²) in [6.07, 6.45) is 3.37. The molecule has 32 heavy (non-hydrogen) atoms. The van der Waals surface area contributed by atoms with Crippen LogP contribution in [0, 0.1) is 0 Å². The fourth-order valence-electron chi connectivity index (χ4n) is 3.81. The topological polar surface area (TPSA) is 140 Å². The molecule has 0 bridgehead atoms. The van der Waals surface area contributed by atoms with E-state index >= 15 is 0 Å². The zero-order chi connectivity index (χ0) is 23.1. The number of benzene rings is 2. The monoisotopic (exact) mass is 436 g/mol. The van der Waals surface area contributed by atoms with Crippen molar-refractivity contribution in [3.63, 3.8) is 0 Å². The summed E-state index contributed by atoms with van der Waals surface area (Å²) >= 11 is 0. The highest BCUT2D eigenvalue weighted by Gasteiger charge is 2.23. The summed E-state index contributed by atoms with van der Waals surface area (Å²) in [5.74, 6) is -2.51. The number of carboxylic acids is 2. The predicted octanol–water partition coefficient (Wildman–Crippen LogP) is 2.35. The molecule has 1 aromatic heterocycles. The molecule has 5 N–H and O–H groups in total. The average molecular weight is 436 g/mol. The van der Waals surface area contributed by atoms with Crippen molar-refractivity contribution in [2.24, 2.45) is 0 Å². The minimum absolute atomic E-state index is 0.0407. The van der Waals surface area contributed by atoms with Crippen molar-refractivity contribution < 1.29 is 24.9 Å². The Labute approximate surface area is 183 Å². The van der Waals surface area contributed by atoms with Crippen LogP contribution in [0.3, 0.4) is 0 Å². The number of aromatic nitrogens is 1. The first kappa shape index (κ1) is 22.8. The third-order valence-corrected chi connectivity index (χ3v) is 5.15. The van der Waals surface area contributed by atoms with Gasteiger partial charge in [0.2, 0.25) is 0 Å². The molecule has 0 unspecified atom stereocenters. The number of carboxylic acid groups (broad SMARTS) is 2. The van der Waals surface area contributed by atoms with E-state index in [1.165, 1.54) is 11.1 Å². The van der Waals surface area contributed by atoms with E-state index in [1.807, 2.05) is 24.3 Å². The Kier molecular flexibility index (Phi) is 7.41. The highest BCUT2D eigenvalue weighted by molar-refractivity contribution is 5.93. The molecule has 8 nitrogen and oxygen atoms in total. The van der Waals surface area contributed by atoms with E-state index in [0.717, 1.165) is 29.4 Å². The lowest BCUT2D eigenvalue weighted by Crippen LogP contribution is -2.24. The van der Waals surface area contributed by atoms with Gasteiger partial charge in [-0.25, -0.2) is 9.59 Å². The van der Waals surface area contributed by atoms with Crippen LogP contribution >= 0.6 is 0 Å². The van der Waals surface area contributed by atoms with E-state index < -0.39 is 11.9 Å². The second kappa shape index (κ2) is 10.4. The van der Waals surface area contributed by atoms with Crippen LogP contribution in [-0.4, -0.2) is 44.9 Å². The molecular weight excluding hydrogens is 412 g/mol. The number of carbonyl (C=O) groups is 2. The van der Waals surface area contributed by atoms with E-state index in [4.69, 9.17) is 10.2 Å². The van der Waals surface area contributed by atoms with E-state index in [0.29, 0.717) is 24.1 Å². The number of aromatic amines is 1. The second-order valence-corrected chi connectivity index (χ2v) is 7.35. The molecule has 0 aliphatic heterocycles. The number of para-hydroxylation sites is 1. The van der Waals surface area contributed by atoms with Gasteiger partial charge in [0.15, 0.2) is 0 Å². The standard InChI is InChI=1S/C20H20N2O2.C4H4O4/c23-10-9-17-19(16-7-3-4-8-18(16)22-20(17)24)21-15-11-13-5-1-2-6-14(13)12-15;5-3(6)1-2-4(7)8/h1-8,15,23H,9-12H2,(H2,21,22,24);1-2H,(H,5,6)(H,7,8). The molecule has 0 atom stereocenters. The molecule has 8 heteroatoms. The number of nitrogens with one attached hydrogen (secondary N) is 2. The van der Waals surface area contributed by atoms with Crippen LogP contribution < -0.4 is 10.9 Å². The number of pyridine rings is 1. The Balaban J connectivity index is 0.000000312. The Morgan fingerprint density at radius 1 is 0.969 bits per heavy atom. The molecule has 0 spiro atoms. The molecule has 4 rings (SSSR count). The van der Waals surface area contributed by atoms with Crippen molar-refractivity contribution in [3.05, 3.63) is 87.7 Å². The van der Waals surface area contributed by atoms with Crippen molar-refractivity contribution in [2.45, 2.75) is 25.3 Å². The Morgan fingerprint density at radius 3 is 2.09 bits per heavy atom. The first-order valence-electron chi connectivity index (χ1n) is 10.1. The van der Waals surface area contributed by atoms with Gasteiger partial charge in [-0.1, -0.05) is 42.5 Å². The number of aliphatic hydroxyl groups is 1. The maximum atomic E-state index is 12.4. The molecular formula is C24H24N2O6. The zero-order valence-corrected chi connectivity index (χ0v) is 17.2. The number of H-pyrrole nitrogens is 1. The van der Waals surface area contributed by atoms with Crippen LogP contribution in [0.25, 0.3) is 10.9 Å². The first-order valence-corrected chi connectivity index (χ1v) is 10.1. The van der Waals surface area contributed by atoms with Crippen LogP contribution in [-0.2, 0) is 28.9 Å². The van der Waals surface area contributed by atoms with Gasteiger partial charge in [0.1, 0.15) is 0 Å². The van der Waals surface area contributed by atoms with E-state index in [9.17, 15) is 19.5 Å². The maximum Gasteiger partial charge on any atom is 0.328 e.